The molecular weight excluding hydrogens is 406 g/mol. The molecule has 0 fully saturated rings. The second kappa shape index (κ2) is 7.70. The number of carbonyl (C=O) groups is 2. The maximum atomic E-state index is 13.1. The number of hydrogen-bond acceptors (Lipinski definition) is 4. The molecule has 1 unspecified atom stereocenters. The van der Waals surface area contributed by atoms with Crippen LogP contribution < -0.4 is 0 Å². The highest BCUT2D eigenvalue weighted by molar-refractivity contribution is 9.10. The number of aliphatic imine (C=N–C) groups is 1. The Kier molecular flexibility index (Phi) is 5.71. The van der Waals surface area contributed by atoms with Crippen LogP contribution >= 0.6 is 15.9 Å². The third-order valence-electron chi connectivity index (χ3n) is 5.31. The van der Waals surface area contributed by atoms with Gasteiger partial charge in [-0.3, -0.25) is 14.6 Å². The molecular formula is C22H26BrNO3. The second-order valence-corrected chi connectivity index (χ2v) is 8.93. The van der Waals surface area contributed by atoms with Crippen LogP contribution in [0, 0.1) is 11.3 Å². The molecule has 2 atom stereocenters. The Morgan fingerprint density at radius 2 is 1.89 bits per heavy atom. The SMILES string of the molecule is CCOC(=O)C1C(CC)=NC2=C(C(=O)CC(C)(C)C2)[C@H]1c1ccc(Br)cc1. The Morgan fingerprint density at radius 1 is 1.22 bits per heavy atom. The van der Waals surface area contributed by atoms with E-state index in [1.165, 1.54) is 0 Å². The summed E-state index contributed by atoms with van der Waals surface area (Å²) in [5, 5.41) is 0. The van der Waals surface area contributed by atoms with Crippen molar-refractivity contribution in [2.45, 2.75) is 52.9 Å². The number of hydrogen-bond donors (Lipinski definition) is 0. The average molecular weight is 432 g/mol. The predicted octanol–water partition coefficient (Wildman–Crippen LogP) is 5.22. The highest BCUT2D eigenvalue weighted by atomic mass is 79.9. The van der Waals surface area contributed by atoms with E-state index in [9.17, 15) is 9.59 Å². The van der Waals surface area contributed by atoms with Crippen LogP contribution in [0.4, 0.5) is 0 Å². The fourth-order valence-corrected chi connectivity index (χ4v) is 4.45. The van der Waals surface area contributed by atoms with Gasteiger partial charge in [-0.2, -0.15) is 0 Å². The van der Waals surface area contributed by atoms with E-state index in [2.05, 4.69) is 29.8 Å². The molecule has 4 nitrogen and oxygen atoms in total. The Balaban J connectivity index is 2.19. The van der Waals surface area contributed by atoms with Crippen LogP contribution in [-0.4, -0.2) is 24.1 Å². The minimum absolute atomic E-state index is 0.0994. The van der Waals surface area contributed by atoms with Crippen molar-refractivity contribution < 1.29 is 14.3 Å². The van der Waals surface area contributed by atoms with Gasteiger partial charge in [-0.25, -0.2) is 0 Å². The van der Waals surface area contributed by atoms with Gasteiger partial charge in [-0.15, -0.1) is 0 Å². The van der Waals surface area contributed by atoms with Crippen molar-refractivity contribution in [3.05, 3.63) is 45.6 Å². The number of Topliss-reactive ketones (excluding diaryl/α,β-unsaturated/α-hetero) is 1. The maximum Gasteiger partial charge on any atom is 0.315 e. The van der Waals surface area contributed by atoms with Crippen molar-refractivity contribution in [2.75, 3.05) is 6.61 Å². The topological polar surface area (TPSA) is 55.7 Å². The van der Waals surface area contributed by atoms with E-state index in [1.54, 1.807) is 6.92 Å². The molecule has 1 aromatic carbocycles. The molecule has 2 aliphatic rings. The minimum atomic E-state index is -0.542. The fraction of sp³-hybridized carbons (Fsp3) is 0.500. The molecule has 1 aromatic rings. The lowest BCUT2D eigenvalue weighted by Gasteiger charge is -2.39. The van der Waals surface area contributed by atoms with Crippen LogP contribution in [0.3, 0.4) is 0 Å². The van der Waals surface area contributed by atoms with Gasteiger partial charge in [0, 0.05) is 33.8 Å². The number of allylic oxidation sites excluding steroid dienone is 2. The van der Waals surface area contributed by atoms with Crippen LogP contribution in [0.25, 0.3) is 0 Å². The molecule has 0 aromatic heterocycles. The molecule has 3 rings (SSSR count). The highest BCUT2D eigenvalue weighted by Crippen LogP contribution is 2.48. The molecule has 0 bridgehead atoms. The molecule has 1 aliphatic carbocycles. The first-order valence-electron chi connectivity index (χ1n) is 9.53. The minimum Gasteiger partial charge on any atom is -0.465 e. The Bertz CT molecular complexity index is 820. The second-order valence-electron chi connectivity index (χ2n) is 8.02. The summed E-state index contributed by atoms with van der Waals surface area (Å²) in [6, 6.07) is 7.87. The average Bonchev–Trinajstić information content (AvgIpc) is 2.59. The number of esters is 1. The zero-order valence-corrected chi connectivity index (χ0v) is 17.9. The number of halogens is 1. The summed E-state index contributed by atoms with van der Waals surface area (Å²) in [6.07, 6.45) is 1.88. The van der Waals surface area contributed by atoms with E-state index in [1.807, 2.05) is 31.2 Å². The van der Waals surface area contributed by atoms with Crippen molar-refractivity contribution in [1.82, 2.24) is 0 Å². The van der Waals surface area contributed by atoms with Gasteiger partial charge in [0.15, 0.2) is 5.78 Å². The number of carbonyl (C=O) groups excluding carboxylic acids is 2. The van der Waals surface area contributed by atoms with Gasteiger partial charge in [-0.1, -0.05) is 48.8 Å². The standard InChI is InChI=1S/C22H26BrNO3/c1-5-15-20(21(26)27-6-2)18(13-7-9-14(23)10-8-13)19-16(24-15)11-22(3,4)12-17(19)25/h7-10,18,20H,5-6,11-12H2,1-4H3/t18-,20?/m1/s1. The third kappa shape index (κ3) is 3.93. The summed E-state index contributed by atoms with van der Waals surface area (Å²) in [4.78, 5) is 30.8. The van der Waals surface area contributed by atoms with Crippen LogP contribution in [0.15, 0.2) is 45.0 Å². The van der Waals surface area contributed by atoms with E-state index >= 15 is 0 Å². The summed E-state index contributed by atoms with van der Waals surface area (Å²) < 4.78 is 6.34. The first-order chi connectivity index (χ1) is 12.8. The number of nitrogens with zero attached hydrogens (tertiary/aromatic N) is 1. The predicted molar refractivity (Wildman–Crippen MR) is 110 cm³/mol. The lowest BCUT2D eigenvalue weighted by Crippen LogP contribution is -2.40. The Morgan fingerprint density at radius 3 is 2.48 bits per heavy atom. The Hall–Kier alpha value is -1.75. The van der Waals surface area contributed by atoms with Gasteiger partial charge in [0.2, 0.25) is 0 Å². The van der Waals surface area contributed by atoms with E-state index in [-0.39, 0.29) is 23.1 Å². The van der Waals surface area contributed by atoms with Gasteiger partial charge < -0.3 is 4.74 Å². The molecule has 0 saturated carbocycles. The molecule has 144 valence electrons. The summed E-state index contributed by atoms with van der Waals surface area (Å²) in [5.41, 5.74) is 3.20. The molecule has 0 N–H and O–H groups in total. The number of ketones is 1. The molecule has 0 radical (unpaired) electrons. The fourth-order valence-electron chi connectivity index (χ4n) is 4.19. The third-order valence-corrected chi connectivity index (χ3v) is 5.84. The van der Waals surface area contributed by atoms with Crippen molar-refractivity contribution in [3.8, 4) is 0 Å². The summed E-state index contributed by atoms with van der Waals surface area (Å²) in [7, 11) is 0. The number of ether oxygens (including phenoxy) is 1. The van der Waals surface area contributed by atoms with Gasteiger partial charge in [0.05, 0.1) is 6.61 Å². The van der Waals surface area contributed by atoms with Gasteiger partial charge in [0.25, 0.3) is 0 Å². The zero-order chi connectivity index (χ0) is 19.8. The normalized spacial score (nSPS) is 24.3. The van der Waals surface area contributed by atoms with Gasteiger partial charge in [-0.05, 0) is 42.9 Å². The van der Waals surface area contributed by atoms with E-state index in [0.717, 1.165) is 27.9 Å². The molecule has 27 heavy (non-hydrogen) atoms. The summed E-state index contributed by atoms with van der Waals surface area (Å²) in [5.74, 6) is -1.07. The molecule has 0 amide bonds. The lowest BCUT2D eigenvalue weighted by atomic mass is 9.66. The van der Waals surface area contributed by atoms with Crippen molar-refractivity contribution in [3.63, 3.8) is 0 Å². The first kappa shape index (κ1) is 20.0. The van der Waals surface area contributed by atoms with E-state index in [0.29, 0.717) is 25.0 Å². The van der Waals surface area contributed by atoms with Crippen LogP contribution in [-0.2, 0) is 14.3 Å². The van der Waals surface area contributed by atoms with Crippen LogP contribution in [0.5, 0.6) is 0 Å². The van der Waals surface area contributed by atoms with Gasteiger partial charge >= 0.3 is 5.97 Å². The first-order valence-corrected chi connectivity index (χ1v) is 10.3. The monoisotopic (exact) mass is 431 g/mol. The molecule has 1 aliphatic heterocycles. The number of rotatable bonds is 4. The molecule has 1 heterocycles. The van der Waals surface area contributed by atoms with Crippen molar-refractivity contribution in [1.29, 1.82) is 0 Å². The maximum absolute atomic E-state index is 13.1. The largest absolute Gasteiger partial charge is 0.465 e. The van der Waals surface area contributed by atoms with E-state index in [4.69, 9.17) is 9.73 Å². The van der Waals surface area contributed by atoms with Gasteiger partial charge in [0.1, 0.15) is 5.92 Å². The summed E-state index contributed by atoms with van der Waals surface area (Å²) in [6.45, 7) is 8.32. The quantitative estimate of drug-likeness (QED) is 0.613. The Labute approximate surface area is 169 Å². The lowest BCUT2D eigenvalue weighted by molar-refractivity contribution is -0.146. The van der Waals surface area contributed by atoms with Crippen molar-refractivity contribution >= 4 is 33.4 Å². The van der Waals surface area contributed by atoms with Crippen LogP contribution in [0.2, 0.25) is 0 Å². The molecule has 0 saturated heterocycles. The zero-order valence-electron chi connectivity index (χ0n) is 16.3. The highest BCUT2D eigenvalue weighted by Gasteiger charge is 2.46. The van der Waals surface area contributed by atoms with Crippen LogP contribution in [0.1, 0.15) is 58.4 Å². The molecule has 0 spiro atoms. The van der Waals surface area contributed by atoms with E-state index < -0.39 is 5.92 Å². The summed E-state index contributed by atoms with van der Waals surface area (Å²) >= 11 is 3.47. The smallest absolute Gasteiger partial charge is 0.315 e. The number of benzene rings is 1. The molecule has 5 heteroatoms. The van der Waals surface area contributed by atoms with Crippen molar-refractivity contribution in [2.24, 2.45) is 16.3 Å².